The average Bonchev–Trinajstić information content (AvgIpc) is 3.24. The summed E-state index contributed by atoms with van der Waals surface area (Å²) in [5, 5.41) is 2.91. The molecule has 2 aromatic rings. The molecule has 4 rings (SSSR count). The molecule has 3 heterocycles. The number of aromatic nitrogens is 1. The third-order valence-corrected chi connectivity index (χ3v) is 6.42. The third-order valence-electron chi connectivity index (χ3n) is 6.42. The highest BCUT2D eigenvalue weighted by Crippen LogP contribution is 2.38. The molecule has 0 aliphatic carbocycles. The molecule has 168 valence electrons. The van der Waals surface area contributed by atoms with Crippen LogP contribution in [0, 0.1) is 0 Å². The Labute approximate surface area is 188 Å². The first-order valence-corrected chi connectivity index (χ1v) is 11.3. The number of ketones is 1. The lowest BCUT2D eigenvalue weighted by atomic mass is 9.88. The van der Waals surface area contributed by atoms with E-state index < -0.39 is 0 Å². The van der Waals surface area contributed by atoms with Gasteiger partial charge in [0.15, 0.2) is 5.78 Å². The van der Waals surface area contributed by atoms with E-state index in [4.69, 9.17) is 4.74 Å². The Morgan fingerprint density at radius 1 is 1.00 bits per heavy atom. The molecule has 1 N–H and O–H groups in total. The molecule has 32 heavy (non-hydrogen) atoms. The second-order valence-electron chi connectivity index (χ2n) is 8.56. The third kappa shape index (κ3) is 5.40. The van der Waals surface area contributed by atoms with Gasteiger partial charge in [-0.3, -0.25) is 19.4 Å². The topological polar surface area (TPSA) is 88.6 Å². The van der Waals surface area contributed by atoms with Gasteiger partial charge in [-0.15, -0.1) is 0 Å². The highest BCUT2D eigenvalue weighted by Gasteiger charge is 2.43. The summed E-state index contributed by atoms with van der Waals surface area (Å²) in [5.41, 5.74) is 0.841. The van der Waals surface area contributed by atoms with E-state index in [2.05, 4.69) is 10.3 Å². The van der Waals surface area contributed by atoms with Gasteiger partial charge in [-0.05, 0) is 37.8 Å². The van der Waals surface area contributed by atoms with E-state index in [1.807, 2.05) is 23.1 Å². The maximum atomic E-state index is 12.6. The number of Topliss-reactive ketones (excluding diaryl/α,β-unsaturated/α-hetero) is 1. The van der Waals surface area contributed by atoms with E-state index >= 15 is 0 Å². The number of benzene rings is 1. The molecule has 1 aromatic carbocycles. The normalized spacial score (nSPS) is 19.6. The molecule has 1 unspecified atom stereocenters. The first kappa shape index (κ1) is 22.1. The van der Waals surface area contributed by atoms with E-state index in [1.165, 1.54) is 0 Å². The highest BCUT2D eigenvalue weighted by molar-refractivity contribution is 5.97. The molecule has 0 radical (unpaired) electrons. The smallest absolute Gasteiger partial charge is 0.269 e. The highest BCUT2D eigenvalue weighted by atomic mass is 16.5. The van der Waals surface area contributed by atoms with Gasteiger partial charge in [0, 0.05) is 44.2 Å². The summed E-state index contributed by atoms with van der Waals surface area (Å²) in [4.78, 5) is 42.9. The van der Waals surface area contributed by atoms with E-state index in [9.17, 15) is 14.4 Å². The van der Waals surface area contributed by atoms with E-state index in [0.29, 0.717) is 30.9 Å². The second kappa shape index (κ2) is 10.0. The van der Waals surface area contributed by atoms with Crippen LogP contribution in [0.5, 0.6) is 0 Å². The van der Waals surface area contributed by atoms with Crippen LogP contribution in [0.4, 0.5) is 0 Å². The lowest BCUT2D eigenvalue weighted by Gasteiger charge is -2.39. The number of piperidine rings is 1. The van der Waals surface area contributed by atoms with Gasteiger partial charge in [-0.2, -0.15) is 0 Å². The van der Waals surface area contributed by atoms with Crippen molar-refractivity contribution in [1.29, 1.82) is 0 Å². The minimum absolute atomic E-state index is 0.00199. The van der Waals surface area contributed by atoms with Crippen LogP contribution < -0.4 is 5.32 Å². The van der Waals surface area contributed by atoms with Gasteiger partial charge in [0.2, 0.25) is 5.91 Å². The number of hydrogen-bond acceptors (Lipinski definition) is 5. The molecular weight excluding hydrogens is 406 g/mol. The molecule has 1 atom stereocenters. The minimum atomic E-state index is -0.211. The standard InChI is InChI=1S/C25H29N3O4/c29-22(19-6-2-1-3-7-19)9-10-23(30)28-16-13-25(14-17-28)12-11-20(32-25)18-27-24(31)21-8-4-5-15-26-21/h1-8,15,20H,9-14,16-18H2,(H,27,31). The Balaban J connectivity index is 1.19. The quantitative estimate of drug-likeness (QED) is 0.676. The van der Waals surface area contributed by atoms with Gasteiger partial charge in [0.05, 0.1) is 11.7 Å². The van der Waals surface area contributed by atoms with Gasteiger partial charge in [-0.1, -0.05) is 36.4 Å². The summed E-state index contributed by atoms with van der Waals surface area (Å²) in [5.74, 6) is -0.163. The maximum Gasteiger partial charge on any atom is 0.269 e. The first-order chi connectivity index (χ1) is 15.5. The van der Waals surface area contributed by atoms with Crippen molar-refractivity contribution in [3.05, 3.63) is 66.0 Å². The number of carbonyl (C=O) groups is 3. The molecule has 0 bridgehead atoms. The van der Waals surface area contributed by atoms with Crippen molar-refractivity contribution >= 4 is 17.6 Å². The summed E-state index contributed by atoms with van der Waals surface area (Å²) in [7, 11) is 0. The molecule has 1 spiro atoms. The van der Waals surface area contributed by atoms with Crippen LogP contribution in [0.2, 0.25) is 0 Å². The van der Waals surface area contributed by atoms with Crippen LogP contribution in [0.3, 0.4) is 0 Å². The molecule has 2 amide bonds. The zero-order valence-electron chi connectivity index (χ0n) is 18.2. The molecule has 0 saturated carbocycles. The number of likely N-dealkylation sites (tertiary alicyclic amines) is 1. The number of nitrogens with zero attached hydrogens (tertiary/aromatic N) is 2. The number of ether oxygens (including phenoxy) is 1. The molecular formula is C25H29N3O4. The van der Waals surface area contributed by atoms with Gasteiger partial charge >= 0.3 is 0 Å². The lowest BCUT2D eigenvalue weighted by molar-refractivity contribution is -0.137. The van der Waals surface area contributed by atoms with Gasteiger partial charge in [0.25, 0.3) is 5.91 Å². The average molecular weight is 436 g/mol. The molecule has 2 saturated heterocycles. The Kier molecular flexibility index (Phi) is 6.95. The molecule has 2 fully saturated rings. The monoisotopic (exact) mass is 435 g/mol. The van der Waals surface area contributed by atoms with Gasteiger partial charge < -0.3 is 15.0 Å². The number of pyridine rings is 1. The van der Waals surface area contributed by atoms with Crippen molar-refractivity contribution in [3.8, 4) is 0 Å². The van der Waals surface area contributed by atoms with Crippen molar-refractivity contribution in [2.45, 2.75) is 50.2 Å². The fourth-order valence-corrected chi connectivity index (χ4v) is 4.51. The number of amides is 2. The number of nitrogens with one attached hydrogen (secondary N) is 1. The zero-order chi connectivity index (χ0) is 22.4. The van der Waals surface area contributed by atoms with Crippen LogP contribution in [-0.4, -0.2) is 58.8 Å². The second-order valence-corrected chi connectivity index (χ2v) is 8.56. The Morgan fingerprint density at radius 3 is 2.47 bits per heavy atom. The van der Waals surface area contributed by atoms with E-state index in [1.54, 1.807) is 36.5 Å². The number of rotatable bonds is 7. The van der Waals surface area contributed by atoms with Crippen LogP contribution in [-0.2, 0) is 9.53 Å². The summed E-state index contributed by atoms with van der Waals surface area (Å²) >= 11 is 0. The van der Waals surface area contributed by atoms with Crippen LogP contribution >= 0.6 is 0 Å². The van der Waals surface area contributed by atoms with Gasteiger partial charge in [0.1, 0.15) is 5.69 Å². The number of carbonyl (C=O) groups excluding carboxylic acids is 3. The van der Waals surface area contributed by atoms with Crippen LogP contribution in [0.25, 0.3) is 0 Å². The fourth-order valence-electron chi connectivity index (χ4n) is 4.51. The van der Waals surface area contributed by atoms with Crippen molar-refractivity contribution in [2.24, 2.45) is 0 Å². The van der Waals surface area contributed by atoms with E-state index in [0.717, 1.165) is 25.7 Å². The van der Waals surface area contributed by atoms with Crippen molar-refractivity contribution in [3.63, 3.8) is 0 Å². The zero-order valence-corrected chi connectivity index (χ0v) is 18.2. The SMILES string of the molecule is O=C(CCC(=O)N1CCC2(CCC(CNC(=O)c3ccccn3)O2)CC1)c1ccccc1. The molecule has 2 aliphatic rings. The summed E-state index contributed by atoms with van der Waals surface area (Å²) < 4.78 is 6.33. The molecule has 2 aliphatic heterocycles. The largest absolute Gasteiger partial charge is 0.370 e. The minimum Gasteiger partial charge on any atom is -0.370 e. The molecule has 7 heteroatoms. The first-order valence-electron chi connectivity index (χ1n) is 11.3. The maximum absolute atomic E-state index is 12.6. The fraction of sp³-hybridized carbons (Fsp3) is 0.440. The Hall–Kier alpha value is -3.06. The van der Waals surface area contributed by atoms with Crippen molar-refractivity contribution < 1.29 is 19.1 Å². The predicted molar refractivity (Wildman–Crippen MR) is 119 cm³/mol. The Bertz CT molecular complexity index is 940. The Morgan fingerprint density at radius 2 is 1.75 bits per heavy atom. The van der Waals surface area contributed by atoms with Crippen LogP contribution in [0.15, 0.2) is 54.7 Å². The van der Waals surface area contributed by atoms with Crippen molar-refractivity contribution in [1.82, 2.24) is 15.2 Å². The van der Waals surface area contributed by atoms with E-state index in [-0.39, 0.29) is 42.1 Å². The predicted octanol–water partition coefficient (Wildman–Crippen LogP) is 3.01. The van der Waals surface area contributed by atoms with Gasteiger partial charge in [-0.25, -0.2) is 0 Å². The molecule has 7 nitrogen and oxygen atoms in total. The summed E-state index contributed by atoms with van der Waals surface area (Å²) in [6.45, 7) is 1.75. The van der Waals surface area contributed by atoms with Crippen LogP contribution in [0.1, 0.15) is 59.4 Å². The molecule has 1 aromatic heterocycles. The summed E-state index contributed by atoms with van der Waals surface area (Å²) in [6.07, 6.45) is 5.46. The summed E-state index contributed by atoms with van der Waals surface area (Å²) in [6, 6.07) is 14.3. The van der Waals surface area contributed by atoms with Crippen molar-refractivity contribution in [2.75, 3.05) is 19.6 Å². The lowest BCUT2D eigenvalue weighted by Crippen LogP contribution is -2.47. The number of hydrogen-bond donors (Lipinski definition) is 1.